The van der Waals surface area contributed by atoms with E-state index in [4.69, 9.17) is 0 Å². The molecule has 0 saturated carbocycles. The summed E-state index contributed by atoms with van der Waals surface area (Å²) in [7, 11) is 0. The highest BCUT2D eigenvalue weighted by molar-refractivity contribution is 5.69. The van der Waals surface area contributed by atoms with Crippen molar-refractivity contribution in [3.63, 3.8) is 0 Å². The van der Waals surface area contributed by atoms with Crippen molar-refractivity contribution in [2.75, 3.05) is 5.32 Å². The first-order valence-electron chi connectivity index (χ1n) is 7.10. The van der Waals surface area contributed by atoms with Gasteiger partial charge in [0, 0.05) is 11.4 Å². The number of anilines is 2. The number of benzene rings is 2. The van der Waals surface area contributed by atoms with Crippen molar-refractivity contribution in [2.45, 2.75) is 40.5 Å². The number of hydrogen-bond acceptors (Lipinski definition) is 1. The fraction of sp³-hybridized carbons (Fsp3) is 0.333. The third-order valence-electron chi connectivity index (χ3n) is 3.61. The van der Waals surface area contributed by atoms with E-state index in [0.29, 0.717) is 0 Å². The third-order valence-corrected chi connectivity index (χ3v) is 3.61. The first kappa shape index (κ1) is 13.7. The second-order valence-corrected chi connectivity index (χ2v) is 5.11. The lowest BCUT2D eigenvalue weighted by Gasteiger charge is -2.18. The zero-order chi connectivity index (χ0) is 13.8. The third kappa shape index (κ3) is 2.98. The van der Waals surface area contributed by atoms with E-state index in [1.165, 1.54) is 33.6 Å². The molecule has 2 aromatic rings. The molecule has 0 radical (unpaired) electrons. The van der Waals surface area contributed by atoms with E-state index in [0.717, 1.165) is 12.8 Å². The quantitative estimate of drug-likeness (QED) is 0.792. The largest absolute Gasteiger partial charge is 0.355 e. The Labute approximate surface area is 116 Å². The molecule has 0 heterocycles. The molecule has 100 valence electrons. The highest BCUT2D eigenvalue weighted by atomic mass is 14.9. The predicted octanol–water partition coefficient (Wildman–Crippen LogP) is 5.17. The Hall–Kier alpha value is -1.76. The maximum atomic E-state index is 3.64. The summed E-state index contributed by atoms with van der Waals surface area (Å²) in [4.78, 5) is 0. The number of aryl methyl sites for hydroxylation is 4. The van der Waals surface area contributed by atoms with Gasteiger partial charge in [0.05, 0.1) is 0 Å². The summed E-state index contributed by atoms with van der Waals surface area (Å²) in [5.74, 6) is 0. The van der Waals surface area contributed by atoms with Gasteiger partial charge in [-0.05, 0) is 49.4 Å². The summed E-state index contributed by atoms with van der Waals surface area (Å²) >= 11 is 0. The van der Waals surface area contributed by atoms with Gasteiger partial charge in [-0.2, -0.15) is 0 Å². The topological polar surface area (TPSA) is 12.0 Å². The summed E-state index contributed by atoms with van der Waals surface area (Å²) < 4.78 is 0. The average molecular weight is 253 g/mol. The molecule has 0 bridgehead atoms. The lowest BCUT2D eigenvalue weighted by atomic mass is 9.99. The van der Waals surface area contributed by atoms with Gasteiger partial charge in [-0.3, -0.25) is 0 Å². The van der Waals surface area contributed by atoms with Crippen LogP contribution in [0.4, 0.5) is 11.4 Å². The lowest BCUT2D eigenvalue weighted by Crippen LogP contribution is -2.02. The van der Waals surface area contributed by atoms with Crippen LogP contribution in [-0.4, -0.2) is 0 Å². The molecule has 2 rings (SSSR count). The van der Waals surface area contributed by atoms with Crippen molar-refractivity contribution < 1.29 is 0 Å². The average Bonchev–Trinajstić information content (AvgIpc) is 2.42. The molecule has 0 aliphatic carbocycles. The molecule has 19 heavy (non-hydrogen) atoms. The first-order valence-corrected chi connectivity index (χ1v) is 7.10. The molecule has 0 saturated heterocycles. The van der Waals surface area contributed by atoms with E-state index in [1.807, 2.05) is 0 Å². The minimum atomic E-state index is 1.06. The highest BCUT2D eigenvalue weighted by Gasteiger charge is 2.08. The lowest BCUT2D eigenvalue weighted by molar-refractivity contribution is 1.08. The Balaban J connectivity index is 2.47. The zero-order valence-corrected chi connectivity index (χ0v) is 12.4. The molecule has 0 atom stereocenters. The molecule has 1 N–H and O–H groups in total. The van der Waals surface area contributed by atoms with Gasteiger partial charge in [0.25, 0.3) is 0 Å². The SMILES string of the molecule is CCc1cc(C)cc(CC)c1Nc1ccccc1C. The summed E-state index contributed by atoms with van der Waals surface area (Å²) in [5, 5.41) is 3.64. The molecular formula is C18H23N. The van der Waals surface area contributed by atoms with Gasteiger partial charge in [-0.15, -0.1) is 0 Å². The molecule has 0 amide bonds. The zero-order valence-electron chi connectivity index (χ0n) is 12.4. The van der Waals surface area contributed by atoms with Crippen LogP contribution in [0.1, 0.15) is 36.1 Å². The van der Waals surface area contributed by atoms with Crippen LogP contribution >= 0.6 is 0 Å². The van der Waals surface area contributed by atoms with Crippen LogP contribution in [0, 0.1) is 13.8 Å². The number of para-hydroxylation sites is 1. The van der Waals surface area contributed by atoms with Gasteiger partial charge in [0.1, 0.15) is 0 Å². The van der Waals surface area contributed by atoms with Crippen LogP contribution in [0.3, 0.4) is 0 Å². The summed E-state index contributed by atoms with van der Waals surface area (Å²) in [6.45, 7) is 8.76. The van der Waals surface area contributed by atoms with Gasteiger partial charge in [0.2, 0.25) is 0 Å². The monoisotopic (exact) mass is 253 g/mol. The molecule has 0 spiro atoms. The maximum absolute atomic E-state index is 3.64. The molecule has 1 nitrogen and oxygen atoms in total. The molecular weight excluding hydrogens is 230 g/mol. The second-order valence-electron chi connectivity index (χ2n) is 5.11. The van der Waals surface area contributed by atoms with Crippen molar-refractivity contribution >= 4 is 11.4 Å². The van der Waals surface area contributed by atoms with Crippen LogP contribution in [0.15, 0.2) is 36.4 Å². The standard InChI is InChI=1S/C18H23N/c1-5-15-11-13(3)12-16(6-2)18(15)19-17-10-8-7-9-14(17)4/h7-12,19H,5-6H2,1-4H3. The predicted molar refractivity (Wildman–Crippen MR) is 84.4 cm³/mol. The van der Waals surface area contributed by atoms with Crippen molar-refractivity contribution in [3.8, 4) is 0 Å². The van der Waals surface area contributed by atoms with E-state index >= 15 is 0 Å². The normalized spacial score (nSPS) is 10.5. The van der Waals surface area contributed by atoms with Crippen molar-refractivity contribution in [3.05, 3.63) is 58.7 Å². The molecule has 0 aliphatic rings. The second kappa shape index (κ2) is 5.92. The fourth-order valence-corrected chi connectivity index (χ4v) is 2.51. The van der Waals surface area contributed by atoms with Crippen LogP contribution in [0.2, 0.25) is 0 Å². The first-order chi connectivity index (χ1) is 9.15. The molecule has 0 aromatic heterocycles. The van der Waals surface area contributed by atoms with Crippen LogP contribution in [0.5, 0.6) is 0 Å². The van der Waals surface area contributed by atoms with E-state index < -0.39 is 0 Å². The Morgan fingerprint density at radius 1 is 0.895 bits per heavy atom. The number of rotatable bonds is 4. The number of nitrogens with one attached hydrogen (secondary N) is 1. The van der Waals surface area contributed by atoms with Crippen LogP contribution < -0.4 is 5.32 Å². The van der Waals surface area contributed by atoms with Crippen LogP contribution in [0.25, 0.3) is 0 Å². The van der Waals surface area contributed by atoms with E-state index in [2.05, 4.69) is 69.4 Å². The molecule has 0 fully saturated rings. The maximum Gasteiger partial charge on any atom is 0.0449 e. The van der Waals surface area contributed by atoms with Gasteiger partial charge < -0.3 is 5.32 Å². The van der Waals surface area contributed by atoms with Gasteiger partial charge in [-0.25, -0.2) is 0 Å². The van der Waals surface area contributed by atoms with Gasteiger partial charge in [-0.1, -0.05) is 49.7 Å². The highest BCUT2D eigenvalue weighted by Crippen LogP contribution is 2.29. The van der Waals surface area contributed by atoms with Crippen molar-refractivity contribution in [1.82, 2.24) is 0 Å². The van der Waals surface area contributed by atoms with E-state index in [-0.39, 0.29) is 0 Å². The fourth-order valence-electron chi connectivity index (χ4n) is 2.51. The Morgan fingerprint density at radius 2 is 1.47 bits per heavy atom. The Morgan fingerprint density at radius 3 is 2.00 bits per heavy atom. The smallest absolute Gasteiger partial charge is 0.0449 e. The Bertz CT molecular complexity index is 545. The minimum Gasteiger partial charge on any atom is -0.355 e. The molecule has 0 aliphatic heterocycles. The summed E-state index contributed by atoms with van der Waals surface area (Å²) in [5.41, 5.74) is 7.94. The van der Waals surface area contributed by atoms with Crippen molar-refractivity contribution in [2.24, 2.45) is 0 Å². The molecule has 0 unspecified atom stereocenters. The number of hydrogen-bond donors (Lipinski definition) is 1. The van der Waals surface area contributed by atoms with Gasteiger partial charge >= 0.3 is 0 Å². The summed E-state index contributed by atoms with van der Waals surface area (Å²) in [6, 6.07) is 13.0. The summed E-state index contributed by atoms with van der Waals surface area (Å²) in [6.07, 6.45) is 2.12. The minimum absolute atomic E-state index is 1.06. The Kier molecular flexibility index (Phi) is 4.26. The van der Waals surface area contributed by atoms with Gasteiger partial charge in [0.15, 0.2) is 0 Å². The van der Waals surface area contributed by atoms with E-state index in [9.17, 15) is 0 Å². The molecule has 2 aromatic carbocycles. The van der Waals surface area contributed by atoms with Crippen molar-refractivity contribution in [1.29, 1.82) is 0 Å². The van der Waals surface area contributed by atoms with E-state index in [1.54, 1.807) is 0 Å². The van der Waals surface area contributed by atoms with Crippen LogP contribution in [-0.2, 0) is 12.8 Å². The molecule has 1 heteroatoms.